The van der Waals surface area contributed by atoms with Gasteiger partial charge in [0, 0.05) is 4.88 Å². The lowest BCUT2D eigenvalue weighted by atomic mass is 10.3. The first-order valence-electron chi connectivity index (χ1n) is 8.58. The number of hydrogen-bond donors (Lipinski definition) is 1. The maximum atomic E-state index is 13.3. The van der Waals surface area contributed by atoms with E-state index in [2.05, 4.69) is 10.5 Å². The second-order valence-corrected chi connectivity index (χ2v) is 8.82. The number of benzene rings is 2. The van der Waals surface area contributed by atoms with Gasteiger partial charge in [0.1, 0.15) is 12.4 Å². The zero-order chi connectivity index (χ0) is 20.9. The topological polar surface area (TPSA) is 78.8 Å². The Bertz CT molecular complexity index is 1100. The maximum Gasteiger partial charge on any atom is 0.264 e. The number of carbonyl (C=O) groups excluding carboxylic acids is 1. The number of sulfonamides is 1. The molecule has 0 aliphatic rings. The normalized spacial score (nSPS) is 11.9. The lowest BCUT2D eigenvalue weighted by Gasteiger charge is -2.23. The fraction of sp³-hybridized carbons (Fsp3) is 0.100. The minimum absolute atomic E-state index is 0.0235. The number of halogens is 1. The third-order valence-electron chi connectivity index (χ3n) is 3.96. The summed E-state index contributed by atoms with van der Waals surface area (Å²) >= 11 is 1.47. The summed E-state index contributed by atoms with van der Waals surface area (Å²) in [5.41, 5.74) is 3.16. The van der Waals surface area contributed by atoms with Crippen LogP contribution in [0.2, 0.25) is 0 Å². The van der Waals surface area contributed by atoms with E-state index in [1.165, 1.54) is 35.6 Å². The van der Waals surface area contributed by atoms with Gasteiger partial charge in [-0.1, -0.05) is 24.3 Å². The average molecular weight is 432 g/mol. The zero-order valence-electron chi connectivity index (χ0n) is 15.4. The van der Waals surface area contributed by atoms with E-state index in [0.717, 1.165) is 21.3 Å². The van der Waals surface area contributed by atoms with E-state index in [1.807, 2.05) is 17.5 Å². The summed E-state index contributed by atoms with van der Waals surface area (Å²) in [5.74, 6) is -1.13. The van der Waals surface area contributed by atoms with Crippen molar-refractivity contribution in [3.05, 3.63) is 82.8 Å². The highest BCUT2D eigenvalue weighted by atomic mass is 32.2. The van der Waals surface area contributed by atoms with E-state index >= 15 is 0 Å². The second kappa shape index (κ2) is 8.97. The van der Waals surface area contributed by atoms with Gasteiger partial charge in [0.25, 0.3) is 15.9 Å². The SMILES string of the molecule is C/C(=N/NC(=O)CN(c1ccc(F)cc1)S(=O)(=O)c1ccccc1)c1cccs1. The maximum absolute atomic E-state index is 13.3. The van der Waals surface area contributed by atoms with Crippen LogP contribution >= 0.6 is 11.3 Å². The number of carbonyl (C=O) groups is 1. The van der Waals surface area contributed by atoms with Gasteiger partial charge in [-0.15, -0.1) is 11.3 Å². The molecule has 0 bridgehead atoms. The van der Waals surface area contributed by atoms with Crippen LogP contribution in [0.4, 0.5) is 10.1 Å². The summed E-state index contributed by atoms with van der Waals surface area (Å²) in [6, 6.07) is 16.4. The van der Waals surface area contributed by atoms with Crippen LogP contribution < -0.4 is 9.73 Å². The summed E-state index contributed by atoms with van der Waals surface area (Å²) < 4.78 is 40.4. The molecule has 150 valence electrons. The highest BCUT2D eigenvalue weighted by Gasteiger charge is 2.27. The predicted octanol–water partition coefficient (Wildman–Crippen LogP) is 3.62. The Balaban J connectivity index is 1.86. The smallest absolute Gasteiger partial charge is 0.264 e. The van der Waals surface area contributed by atoms with Gasteiger partial charge in [0.05, 0.1) is 16.3 Å². The van der Waals surface area contributed by atoms with Gasteiger partial charge in [0.2, 0.25) is 0 Å². The number of hydrogen-bond acceptors (Lipinski definition) is 5. The minimum atomic E-state index is -4.04. The molecular formula is C20H18FN3O3S2. The highest BCUT2D eigenvalue weighted by Crippen LogP contribution is 2.23. The molecule has 0 atom stereocenters. The molecule has 0 aliphatic carbocycles. The minimum Gasteiger partial charge on any atom is -0.271 e. The molecule has 1 aromatic heterocycles. The van der Waals surface area contributed by atoms with Gasteiger partial charge in [-0.2, -0.15) is 5.10 Å². The van der Waals surface area contributed by atoms with Crippen molar-refractivity contribution in [3.63, 3.8) is 0 Å². The molecule has 0 saturated carbocycles. The largest absolute Gasteiger partial charge is 0.271 e. The Hall–Kier alpha value is -3.04. The van der Waals surface area contributed by atoms with E-state index < -0.39 is 28.3 Å². The number of rotatable bonds is 7. The molecule has 0 spiro atoms. The van der Waals surface area contributed by atoms with Crippen molar-refractivity contribution < 1.29 is 17.6 Å². The predicted molar refractivity (Wildman–Crippen MR) is 112 cm³/mol. The van der Waals surface area contributed by atoms with Crippen LogP contribution in [0.25, 0.3) is 0 Å². The van der Waals surface area contributed by atoms with Crippen molar-refractivity contribution in [3.8, 4) is 0 Å². The summed E-state index contributed by atoms with van der Waals surface area (Å²) in [5, 5.41) is 5.92. The first-order valence-corrected chi connectivity index (χ1v) is 10.9. The molecular weight excluding hydrogens is 413 g/mol. The standard InChI is InChI=1S/C20H18FN3O3S2/c1-15(19-8-5-13-28-19)22-23-20(25)14-24(17-11-9-16(21)10-12-17)29(26,27)18-6-3-2-4-7-18/h2-13H,14H2,1H3,(H,23,25)/b22-15-. The Morgan fingerprint density at radius 3 is 2.38 bits per heavy atom. The highest BCUT2D eigenvalue weighted by molar-refractivity contribution is 7.92. The van der Waals surface area contributed by atoms with E-state index in [4.69, 9.17) is 0 Å². The molecule has 3 aromatic rings. The van der Waals surface area contributed by atoms with Gasteiger partial charge in [0.15, 0.2) is 0 Å². The van der Waals surface area contributed by atoms with Gasteiger partial charge < -0.3 is 0 Å². The number of nitrogens with one attached hydrogen (secondary N) is 1. The van der Waals surface area contributed by atoms with E-state index in [0.29, 0.717) is 5.71 Å². The van der Waals surface area contributed by atoms with Crippen LogP contribution in [0.3, 0.4) is 0 Å². The van der Waals surface area contributed by atoms with E-state index in [-0.39, 0.29) is 10.6 Å². The third-order valence-corrected chi connectivity index (χ3v) is 6.73. The molecule has 9 heteroatoms. The van der Waals surface area contributed by atoms with Crippen molar-refractivity contribution in [1.82, 2.24) is 5.43 Å². The van der Waals surface area contributed by atoms with Gasteiger partial charge in [-0.3, -0.25) is 9.10 Å². The first-order chi connectivity index (χ1) is 13.9. The quantitative estimate of drug-likeness (QED) is 0.458. The lowest BCUT2D eigenvalue weighted by Crippen LogP contribution is -2.39. The molecule has 6 nitrogen and oxygen atoms in total. The Morgan fingerprint density at radius 2 is 1.76 bits per heavy atom. The van der Waals surface area contributed by atoms with E-state index in [9.17, 15) is 17.6 Å². The average Bonchev–Trinajstić information content (AvgIpc) is 3.26. The van der Waals surface area contributed by atoms with Crippen LogP contribution in [-0.4, -0.2) is 26.6 Å². The van der Waals surface area contributed by atoms with E-state index in [1.54, 1.807) is 25.1 Å². The molecule has 2 aromatic carbocycles. The Kier molecular flexibility index (Phi) is 6.40. The number of nitrogens with zero attached hydrogens (tertiary/aromatic N) is 2. The van der Waals surface area contributed by atoms with Gasteiger partial charge in [-0.25, -0.2) is 18.2 Å². The lowest BCUT2D eigenvalue weighted by molar-refractivity contribution is -0.119. The van der Waals surface area contributed by atoms with Crippen LogP contribution in [0.1, 0.15) is 11.8 Å². The number of amides is 1. The molecule has 1 N–H and O–H groups in total. The Morgan fingerprint density at radius 1 is 1.07 bits per heavy atom. The van der Waals surface area contributed by atoms with Gasteiger partial charge in [-0.05, 0) is 54.8 Å². The Labute approximate surface area is 172 Å². The zero-order valence-corrected chi connectivity index (χ0v) is 17.1. The molecule has 3 rings (SSSR count). The second-order valence-electron chi connectivity index (χ2n) is 6.01. The molecule has 0 saturated heterocycles. The number of hydrazone groups is 1. The molecule has 0 unspecified atom stereocenters. The number of thiophene rings is 1. The molecule has 29 heavy (non-hydrogen) atoms. The molecule has 1 heterocycles. The molecule has 0 radical (unpaired) electrons. The van der Waals surface area contributed by atoms with Crippen molar-refractivity contribution in [2.75, 3.05) is 10.8 Å². The van der Waals surface area contributed by atoms with Crippen LogP contribution in [0.15, 0.2) is 82.1 Å². The summed E-state index contributed by atoms with van der Waals surface area (Å²) in [7, 11) is -4.04. The molecule has 1 amide bonds. The summed E-state index contributed by atoms with van der Waals surface area (Å²) in [6.45, 7) is 1.23. The monoisotopic (exact) mass is 431 g/mol. The van der Waals surface area contributed by atoms with Crippen molar-refractivity contribution in [2.45, 2.75) is 11.8 Å². The van der Waals surface area contributed by atoms with Crippen LogP contribution in [-0.2, 0) is 14.8 Å². The molecule has 0 aliphatic heterocycles. The number of anilines is 1. The first kappa shape index (κ1) is 20.7. The fourth-order valence-corrected chi connectivity index (χ4v) is 4.61. The third kappa shape index (κ3) is 5.07. The molecule has 0 fully saturated rings. The fourth-order valence-electron chi connectivity index (χ4n) is 2.49. The van der Waals surface area contributed by atoms with Crippen molar-refractivity contribution >= 4 is 38.7 Å². The van der Waals surface area contributed by atoms with Crippen molar-refractivity contribution in [2.24, 2.45) is 5.10 Å². The summed E-state index contributed by atoms with van der Waals surface area (Å²) in [4.78, 5) is 13.4. The van der Waals surface area contributed by atoms with Crippen molar-refractivity contribution in [1.29, 1.82) is 0 Å². The van der Waals surface area contributed by atoms with Crippen LogP contribution in [0, 0.1) is 5.82 Å². The van der Waals surface area contributed by atoms with Gasteiger partial charge >= 0.3 is 0 Å². The summed E-state index contributed by atoms with van der Waals surface area (Å²) in [6.07, 6.45) is 0. The van der Waals surface area contributed by atoms with Crippen LogP contribution in [0.5, 0.6) is 0 Å².